The lowest BCUT2D eigenvalue weighted by atomic mass is 9.86. The Morgan fingerprint density at radius 1 is 0.962 bits per heavy atom. The number of nitrogen functional groups attached to an aromatic ring is 1. The summed E-state index contributed by atoms with van der Waals surface area (Å²) in [5, 5.41) is 3.61. The normalized spacial score (nSPS) is 21.7. The van der Waals surface area contributed by atoms with Crippen molar-refractivity contribution in [1.29, 1.82) is 0 Å². The summed E-state index contributed by atoms with van der Waals surface area (Å²) in [5.74, 6) is 1.05. The number of guanidine groups is 1. The first-order chi connectivity index (χ1) is 12.8. The number of rotatable bonds is 1. The van der Waals surface area contributed by atoms with Crippen LogP contribution in [0.4, 0.5) is 17.1 Å². The van der Waals surface area contributed by atoms with Gasteiger partial charge in [0.2, 0.25) is 0 Å². The Labute approximate surface area is 154 Å². The molecule has 5 rings (SSSR count). The van der Waals surface area contributed by atoms with Gasteiger partial charge < -0.3 is 20.9 Å². The topological polar surface area (TPSA) is 56.9 Å². The molecule has 134 valence electrons. The second-order valence-electron chi connectivity index (χ2n) is 7.43. The van der Waals surface area contributed by atoms with Crippen LogP contribution >= 0.6 is 0 Å². The van der Waals surface area contributed by atoms with Crippen LogP contribution in [-0.2, 0) is 6.42 Å². The van der Waals surface area contributed by atoms with Crippen LogP contribution in [0.3, 0.4) is 0 Å². The Bertz CT molecular complexity index is 834. The average Bonchev–Trinajstić information content (AvgIpc) is 2.69. The number of aryl methyl sites for hydroxylation is 1. The fraction of sp³-hybridized carbons (Fsp3) is 0.381. The molecule has 3 aliphatic rings. The molecule has 1 fully saturated rings. The van der Waals surface area contributed by atoms with Crippen molar-refractivity contribution in [1.82, 2.24) is 4.90 Å². The molecular formula is C21H25N5. The molecule has 0 aromatic heterocycles. The minimum atomic E-state index is 0.335. The summed E-state index contributed by atoms with van der Waals surface area (Å²) in [7, 11) is 0. The summed E-state index contributed by atoms with van der Waals surface area (Å²) < 4.78 is 0. The number of hydrogen-bond acceptors (Lipinski definition) is 5. The smallest absolute Gasteiger partial charge is 0.199 e. The summed E-state index contributed by atoms with van der Waals surface area (Å²) >= 11 is 0. The van der Waals surface area contributed by atoms with E-state index >= 15 is 0 Å². The Morgan fingerprint density at radius 3 is 2.54 bits per heavy atom. The Morgan fingerprint density at radius 2 is 1.73 bits per heavy atom. The van der Waals surface area contributed by atoms with Crippen LogP contribution in [0.15, 0.2) is 47.5 Å². The third-order valence-electron chi connectivity index (χ3n) is 5.82. The predicted octanol–water partition coefficient (Wildman–Crippen LogP) is 3.25. The zero-order valence-corrected chi connectivity index (χ0v) is 15.0. The van der Waals surface area contributed by atoms with E-state index in [4.69, 9.17) is 10.7 Å². The van der Waals surface area contributed by atoms with Gasteiger partial charge in [0, 0.05) is 48.8 Å². The predicted molar refractivity (Wildman–Crippen MR) is 108 cm³/mol. The van der Waals surface area contributed by atoms with Gasteiger partial charge in [-0.05, 0) is 55.2 Å². The van der Waals surface area contributed by atoms with E-state index in [0.717, 1.165) is 37.8 Å². The zero-order chi connectivity index (χ0) is 17.5. The standard InChI is InChI=1S/C21H25N5/c22-16-7-9-17(10-8-16)25-11-13-26(14-12-25)21-23-18-5-1-3-15-4-2-6-19(24-21)20(15)18/h1,3,5,7-10,19H,2,4,6,11-14,22H2,(H,23,24). The lowest BCUT2D eigenvalue weighted by Gasteiger charge is -2.40. The Balaban J connectivity index is 1.32. The molecule has 26 heavy (non-hydrogen) atoms. The van der Waals surface area contributed by atoms with Gasteiger partial charge in [0.1, 0.15) is 0 Å². The van der Waals surface area contributed by atoms with Crippen LogP contribution < -0.4 is 16.0 Å². The zero-order valence-electron chi connectivity index (χ0n) is 15.0. The lowest BCUT2D eigenvalue weighted by Crippen LogP contribution is -2.51. The minimum absolute atomic E-state index is 0.335. The lowest BCUT2D eigenvalue weighted by molar-refractivity contribution is 0.379. The fourth-order valence-electron chi connectivity index (χ4n) is 4.42. The van der Waals surface area contributed by atoms with Crippen molar-refractivity contribution in [2.24, 2.45) is 4.99 Å². The number of nitrogens with one attached hydrogen (secondary N) is 1. The van der Waals surface area contributed by atoms with E-state index in [2.05, 4.69) is 45.4 Å². The summed E-state index contributed by atoms with van der Waals surface area (Å²) in [4.78, 5) is 9.91. The first-order valence-corrected chi connectivity index (χ1v) is 9.60. The molecule has 1 atom stereocenters. The van der Waals surface area contributed by atoms with Gasteiger partial charge in [0.15, 0.2) is 5.96 Å². The molecule has 0 spiro atoms. The van der Waals surface area contributed by atoms with Crippen molar-refractivity contribution >= 4 is 23.0 Å². The van der Waals surface area contributed by atoms with Crippen molar-refractivity contribution < 1.29 is 0 Å². The first-order valence-electron chi connectivity index (χ1n) is 9.60. The van der Waals surface area contributed by atoms with Gasteiger partial charge in [-0.25, -0.2) is 4.99 Å². The number of aliphatic imine (C=N–C) groups is 1. The third kappa shape index (κ3) is 2.68. The summed E-state index contributed by atoms with van der Waals surface area (Å²) in [6.45, 7) is 3.97. The largest absolute Gasteiger partial charge is 0.399 e. The minimum Gasteiger partial charge on any atom is -0.399 e. The first kappa shape index (κ1) is 15.6. The van der Waals surface area contributed by atoms with Gasteiger partial charge in [-0.3, -0.25) is 0 Å². The van der Waals surface area contributed by atoms with Crippen LogP contribution in [0.2, 0.25) is 0 Å². The second kappa shape index (κ2) is 6.24. The van der Waals surface area contributed by atoms with Crippen LogP contribution in [0.5, 0.6) is 0 Å². The molecule has 5 heteroatoms. The van der Waals surface area contributed by atoms with Gasteiger partial charge in [0.25, 0.3) is 0 Å². The fourth-order valence-corrected chi connectivity index (χ4v) is 4.42. The van der Waals surface area contributed by atoms with Crippen LogP contribution in [-0.4, -0.2) is 37.0 Å². The van der Waals surface area contributed by atoms with Crippen molar-refractivity contribution in [3.05, 3.63) is 53.6 Å². The molecule has 0 bridgehead atoms. The second-order valence-corrected chi connectivity index (χ2v) is 7.43. The number of piperazine rings is 1. The van der Waals surface area contributed by atoms with E-state index in [1.54, 1.807) is 0 Å². The molecule has 5 nitrogen and oxygen atoms in total. The summed E-state index contributed by atoms with van der Waals surface area (Å²) in [6.07, 6.45) is 3.59. The maximum absolute atomic E-state index is 5.81. The van der Waals surface area contributed by atoms with Crippen LogP contribution in [0.25, 0.3) is 0 Å². The Hall–Kier alpha value is -2.69. The highest BCUT2D eigenvalue weighted by molar-refractivity contribution is 5.96. The van der Waals surface area contributed by atoms with E-state index in [0.29, 0.717) is 6.04 Å². The number of benzene rings is 2. The molecular weight excluding hydrogens is 322 g/mol. The van der Waals surface area contributed by atoms with E-state index in [1.807, 2.05) is 12.1 Å². The highest BCUT2D eigenvalue weighted by atomic mass is 15.4. The van der Waals surface area contributed by atoms with E-state index < -0.39 is 0 Å². The SMILES string of the molecule is Nc1ccc(N2CCN(C3=NC4CCCc5cccc(c54)N3)CC2)cc1. The van der Waals surface area contributed by atoms with Crippen molar-refractivity contribution in [3.8, 4) is 0 Å². The van der Waals surface area contributed by atoms with Gasteiger partial charge in [-0.1, -0.05) is 12.1 Å². The average molecular weight is 347 g/mol. The molecule has 1 saturated heterocycles. The molecule has 1 unspecified atom stereocenters. The van der Waals surface area contributed by atoms with Gasteiger partial charge in [0.05, 0.1) is 6.04 Å². The Kier molecular flexibility index (Phi) is 3.73. The molecule has 0 saturated carbocycles. The molecule has 1 aliphatic carbocycles. The quantitative estimate of drug-likeness (QED) is 0.778. The molecule has 0 amide bonds. The molecule has 0 radical (unpaired) electrons. The number of hydrogen-bond donors (Lipinski definition) is 2. The van der Waals surface area contributed by atoms with E-state index in [9.17, 15) is 0 Å². The van der Waals surface area contributed by atoms with Crippen molar-refractivity contribution in [2.75, 3.05) is 42.1 Å². The summed E-state index contributed by atoms with van der Waals surface area (Å²) in [5.41, 5.74) is 12.0. The molecule has 2 aliphatic heterocycles. The molecule has 2 heterocycles. The number of nitrogens with zero attached hydrogens (tertiary/aromatic N) is 3. The molecule has 2 aromatic carbocycles. The van der Waals surface area contributed by atoms with Crippen molar-refractivity contribution in [3.63, 3.8) is 0 Å². The molecule has 2 aromatic rings. The summed E-state index contributed by atoms with van der Waals surface area (Å²) in [6, 6.07) is 15.2. The maximum Gasteiger partial charge on any atom is 0.199 e. The van der Waals surface area contributed by atoms with Crippen molar-refractivity contribution in [2.45, 2.75) is 25.3 Å². The number of anilines is 3. The monoisotopic (exact) mass is 347 g/mol. The van der Waals surface area contributed by atoms with Crippen LogP contribution in [0.1, 0.15) is 30.0 Å². The molecule has 3 N–H and O–H groups in total. The van der Waals surface area contributed by atoms with E-state index in [1.165, 1.54) is 41.8 Å². The van der Waals surface area contributed by atoms with E-state index in [-0.39, 0.29) is 0 Å². The highest BCUT2D eigenvalue weighted by Crippen LogP contribution is 2.40. The van der Waals surface area contributed by atoms with Gasteiger partial charge >= 0.3 is 0 Å². The van der Waals surface area contributed by atoms with Crippen LogP contribution in [0, 0.1) is 0 Å². The highest BCUT2D eigenvalue weighted by Gasteiger charge is 2.30. The number of nitrogens with two attached hydrogens (primary N) is 1. The third-order valence-corrected chi connectivity index (χ3v) is 5.82. The maximum atomic E-state index is 5.81. The van der Waals surface area contributed by atoms with Gasteiger partial charge in [-0.2, -0.15) is 0 Å². The van der Waals surface area contributed by atoms with Gasteiger partial charge in [-0.15, -0.1) is 0 Å².